The number of phenolic OH excluding ortho intramolecular Hbond substituents is 1. The molecule has 1 aromatic carbocycles. The Labute approximate surface area is 92.5 Å². The highest BCUT2D eigenvalue weighted by atomic mass is 35.5. The Morgan fingerprint density at radius 2 is 1.80 bits per heavy atom. The Morgan fingerprint density at radius 3 is 2.33 bits per heavy atom. The number of benzene rings is 1. The average molecular weight is 236 g/mol. The lowest BCUT2D eigenvalue weighted by molar-refractivity contribution is 0.405. The van der Waals surface area contributed by atoms with Crippen molar-refractivity contribution in [3.8, 4) is 5.75 Å². The summed E-state index contributed by atoms with van der Waals surface area (Å²) in [5.41, 5.74) is 5.61. The maximum atomic E-state index is 13.3. The molecule has 0 aliphatic heterocycles. The molecule has 1 atom stereocenters. The molecule has 1 fully saturated rings. The van der Waals surface area contributed by atoms with Gasteiger partial charge in [-0.25, -0.2) is 8.78 Å². The molecule has 0 aromatic heterocycles. The molecule has 84 valence electrons. The standard InChI is InChI=1S/C10H11F2NO.ClH/c11-6-3-4-7(12)10(14)8(6)9(13)5-1-2-5;/h3-5,9,14H,1-2,13H2;1H/t9-;/m0./s1. The smallest absolute Gasteiger partial charge is 0.165 e. The van der Waals surface area contributed by atoms with Crippen LogP contribution in [0.3, 0.4) is 0 Å². The minimum Gasteiger partial charge on any atom is -0.505 e. The number of hydrogen-bond acceptors (Lipinski definition) is 2. The van der Waals surface area contributed by atoms with E-state index in [2.05, 4.69) is 0 Å². The Balaban J connectivity index is 0.00000112. The van der Waals surface area contributed by atoms with Crippen LogP contribution in [-0.4, -0.2) is 5.11 Å². The molecule has 2 nitrogen and oxygen atoms in total. The molecule has 0 saturated heterocycles. The Kier molecular flexibility index (Phi) is 3.52. The van der Waals surface area contributed by atoms with Crippen LogP contribution in [0.1, 0.15) is 24.4 Å². The normalized spacial score (nSPS) is 17.0. The summed E-state index contributed by atoms with van der Waals surface area (Å²) in [5.74, 6) is -1.93. The molecule has 3 N–H and O–H groups in total. The molecular formula is C10H12ClF2NO. The van der Waals surface area contributed by atoms with Crippen LogP contribution >= 0.6 is 12.4 Å². The van der Waals surface area contributed by atoms with Gasteiger partial charge in [0, 0.05) is 11.6 Å². The topological polar surface area (TPSA) is 46.2 Å². The van der Waals surface area contributed by atoms with Gasteiger partial charge in [0.05, 0.1) is 0 Å². The molecule has 0 amide bonds. The SMILES string of the molecule is Cl.N[C@H](c1c(F)ccc(F)c1O)C1CC1. The minimum atomic E-state index is -0.822. The van der Waals surface area contributed by atoms with Crippen molar-refractivity contribution in [1.29, 1.82) is 0 Å². The number of phenols is 1. The third kappa shape index (κ3) is 2.21. The highest BCUT2D eigenvalue weighted by Crippen LogP contribution is 2.43. The summed E-state index contributed by atoms with van der Waals surface area (Å²) in [6, 6.07) is 1.30. The molecule has 5 heteroatoms. The Hall–Kier alpha value is -0.870. The van der Waals surface area contributed by atoms with Crippen molar-refractivity contribution in [2.45, 2.75) is 18.9 Å². The zero-order chi connectivity index (χ0) is 10.3. The molecule has 1 aliphatic rings. The molecule has 0 heterocycles. The number of aromatic hydroxyl groups is 1. The van der Waals surface area contributed by atoms with Gasteiger partial charge in [-0.05, 0) is 30.9 Å². The second kappa shape index (κ2) is 4.33. The Bertz CT molecular complexity index is 369. The number of nitrogens with two attached hydrogens (primary N) is 1. The Morgan fingerprint density at radius 1 is 1.27 bits per heavy atom. The van der Waals surface area contributed by atoms with Gasteiger partial charge in [-0.1, -0.05) is 0 Å². The fourth-order valence-corrected chi connectivity index (χ4v) is 1.56. The van der Waals surface area contributed by atoms with Gasteiger partial charge in [0.2, 0.25) is 0 Å². The summed E-state index contributed by atoms with van der Waals surface area (Å²) in [6.07, 6.45) is 1.83. The van der Waals surface area contributed by atoms with Crippen molar-refractivity contribution in [3.63, 3.8) is 0 Å². The summed E-state index contributed by atoms with van der Waals surface area (Å²) < 4.78 is 26.2. The van der Waals surface area contributed by atoms with E-state index in [1.54, 1.807) is 0 Å². The quantitative estimate of drug-likeness (QED) is 0.827. The summed E-state index contributed by atoms with van der Waals surface area (Å²) in [7, 11) is 0. The van der Waals surface area contributed by atoms with E-state index in [9.17, 15) is 13.9 Å². The zero-order valence-corrected chi connectivity index (χ0v) is 8.73. The van der Waals surface area contributed by atoms with E-state index < -0.39 is 23.4 Å². The van der Waals surface area contributed by atoms with E-state index in [-0.39, 0.29) is 23.9 Å². The van der Waals surface area contributed by atoms with Crippen LogP contribution in [0.25, 0.3) is 0 Å². The van der Waals surface area contributed by atoms with Crippen LogP contribution in [-0.2, 0) is 0 Å². The first-order valence-corrected chi connectivity index (χ1v) is 4.53. The highest BCUT2D eigenvalue weighted by molar-refractivity contribution is 5.85. The monoisotopic (exact) mass is 235 g/mol. The van der Waals surface area contributed by atoms with Gasteiger partial charge >= 0.3 is 0 Å². The molecule has 0 radical (unpaired) electrons. The molecule has 1 aromatic rings. The maximum Gasteiger partial charge on any atom is 0.165 e. The van der Waals surface area contributed by atoms with E-state index in [1.807, 2.05) is 0 Å². The molecule has 1 saturated carbocycles. The van der Waals surface area contributed by atoms with E-state index in [0.29, 0.717) is 0 Å². The fourth-order valence-electron chi connectivity index (χ4n) is 1.56. The van der Waals surface area contributed by atoms with Crippen LogP contribution in [0.15, 0.2) is 12.1 Å². The number of halogens is 3. The maximum absolute atomic E-state index is 13.3. The van der Waals surface area contributed by atoms with Gasteiger partial charge < -0.3 is 10.8 Å². The van der Waals surface area contributed by atoms with Gasteiger partial charge in [0.25, 0.3) is 0 Å². The first-order chi connectivity index (χ1) is 6.61. The van der Waals surface area contributed by atoms with Crippen LogP contribution in [0.2, 0.25) is 0 Å². The van der Waals surface area contributed by atoms with Gasteiger partial charge in [0.1, 0.15) is 5.82 Å². The first-order valence-electron chi connectivity index (χ1n) is 4.53. The molecule has 0 bridgehead atoms. The van der Waals surface area contributed by atoms with Gasteiger partial charge in [0.15, 0.2) is 11.6 Å². The summed E-state index contributed by atoms with van der Waals surface area (Å²) in [4.78, 5) is 0. The van der Waals surface area contributed by atoms with Crippen LogP contribution in [0, 0.1) is 17.6 Å². The summed E-state index contributed by atoms with van der Waals surface area (Å²) in [5, 5.41) is 9.33. The molecule has 0 unspecified atom stereocenters. The highest BCUT2D eigenvalue weighted by Gasteiger charge is 2.33. The summed E-state index contributed by atoms with van der Waals surface area (Å²) in [6.45, 7) is 0. The number of hydrogen-bond donors (Lipinski definition) is 2. The van der Waals surface area contributed by atoms with Crippen molar-refractivity contribution < 1.29 is 13.9 Å². The first kappa shape index (κ1) is 12.2. The second-order valence-electron chi connectivity index (χ2n) is 3.65. The third-order valence-corrected chi connectivity index (χ3v) is 2.58. The largest absolute Gasteiger partial charge is 0.505 e. The van der Waals surface area contributed by atoms with Gasteiger partial charge in [-0.2, -0.15) is 0 Å². The summed E-state index contributed by atoms with van der Waals surface area (Å²) >= 11 is 0. The van der Waals surface area contributed by atoms with Crippen LogP contribution in [0.4, 0.5) is 8.78 Å². The predicted molar refractivity (Wildman–Crippen MR) is 54.9 cm³/mol. The van der Waals surface area contributed by atoms with Crippen molar-refractivity contribution in [2.75, 3.05) is 0 Å². The van der Waals surface area contributed by atoms with Crippen molar-refractivity contribution in [1.82, 2.24) is 0 Å². The fraction of sp³-hybridized carbons (Fsp3) is 0.400. The third-order valence-electron chi connectivity index (χ3n) is 2.58. The molecule has 2 rings (SSSR count). The lowest BCUT2D eigenvalue weighted by Gasteiger charge is -2.13. The van der Waals surface area contributed by atoms with Gasteiger partial charge in [-0.3, -0.25) is 0 Å². The molecule has 0 spiro atoms. The lowest BCUT2D eigenvalue weighted by atomic mass is 10.0. The average Bonchev–Trinajstić information content (AvgIpc) is 2.95. The second-order valence-corrected chi connectivity index (χ2v) is 3.65. The zero-order valence-electron chi connectivity index (χ0n) is 7.91. The molecule has 15 heavy (non-hydrogen) atoms. The van der Waals surface area contributed by atoms with Crippen LogP contribution in [0.5, 0.6) is 5.75 Å². The van der Waals surface area contributed by atoms with E-state index >= 15 is 0 Å². The minimum absolute atomic E-state index is 0. The van der Waals surface area contributed by atoms with Crippen molar-refractivity contribution in [3.05, 3.63) is 29.3 Å². The van der Waals surface area contributed by atoms with E-state index in [1.165, 1.54) is 0 Å². The van der Waals surface area contributed by atoms with Crippen LogP contribution < -0.4 is 5.73 Å². The lowest BCUT2D eigenvalue weighted by Crippen LogP contribution is -2.14. The molecular weight excluding hydrogens is 224 g/mol. The van der Waals surface area contributed by atoms with Gasteiger partial charge in [-0.15, -0.1) is 12.4 Å². The number of rotatable bonds is 2. The molecule has 1 aliphatic carbocycles. The van der Waals surface area contributed by atoms with Crippen molar-refractivity contribution >= 4 is 12.4 Å². The van der Waals surface area contributed by atoms with E-state index in [0.717, 1.165) is 25.0 Å². The van der Waals surface area contributed by atoms with Crippen molar-refractivity contribution in [2.24, 2.45) is 11.7 Å². The predicted octanol–water partition coefficient (Wildman–Crippen LogP) is 2.50. The van der Waals surface area contributed by atoms with E-state index in [4.69, 9.17) is 5.73 Å².